The van der Waals surface area contributed by atoms with Gasteiger partial charge in [0.2, 0.25) is 0 Å². The van der Waals surface area contributed by atoms with Crippen molar-refractivity contribution in [1.29, 1.82) is 0 Å². The Hall–Kier alpha value is -0.450. The fraction of sp³-hybridized carbons (Fsp3) is 0.643. The minimum atomic E-state index is 0.295. The molecule has 100 valence electrons. The van der Waals surface area contributed by atoms with Crippen LogP contribution in [0.15, 0.2) is 22.9 Å². The lowest BCUT2D eigenvalue weighted by Gasteiger charge is -2.35. The summed E-state index contributed by atoms with van der Waals surface area (Å²) in [4.78, 5) is 6.82. The fourth-order valence-electron chi connectivity index (χ4n) is 3.04. The molecule has 0 bridgehead atoms. The van der Waals surface area contributed by atoms with Crippen LogP contribution in [-0.4, -0.2) is 29.0 Å². The Bertz CT molecular complexity index is 377. The van der Waals surface area contributed by atoms with E-state index in [1.54, 1.807) is 0 Å². The number of halogens is 1. The van der Waals surface area contributed by atoms with Crippen LogP contribution in [0, 0.1) is 0 Å². The zero-order valence-corrected chi connectivity index (χ0v) is 12.6. The zero-order chi connectivity index (χ0) is 13.0. The first-order valence-corrected chi connectivity index (χ1v) is 7.61. The van der Waals surface area contributed by atoms with E-state index >= 15 is 0 Å². The molecule has 1 atom stereocenters. The molecule has 0 spiro atoms. The second-order valence-electron chi connectivity index (χ2n) is 4.96. The maximum absolute atomic E-state index is 6.01. The average molecular weight is 312 g/mol. The number of likely N-dealkylation sites (N-methyl/N-ethyl adjacent to an activating group) is 1. The average Bonchev–Trinajstić information content (AvgIpc) is 2.89. The normalized spacial score (nSPS) is 18.4. The van der Waals surface area contributed by atoms with Crippen molar-refractivity contribution in [2.24, 2.45) is 5.73 Å². The molecular weight excluding hydrogens is 290 g/mol. The van der Waals surface area contributed by atoms with Crippen LogP contribution in [0.3, 0.4) is 0 Å². The summed E-state index contributed by atoms with van der Waals surface area (Å²) in [5, 5.41) is 0. The SMILES string of the molecule is CCN(C1CCCC1)C(CN)c1cncc(Br)c1. The van der Waals surface area contributed by atoms with Gasteiger partial charge in [-0.3, -0.25) is 9.88 Å². The minimum absolute atomic E-state index is 0.295. The topological polar surface area (TPSA) is 42.1 Å². The number of rotatable bonds is 5. The van der Waals surface area contributed by atoms with Crippen LogP contribution in [0.4, 0.5) is 0 Å². The maximum Gasteiger partial charge on any atom is 0.0488 e. The van der Waals surface area contributed by atoms with Crippen LogP contribution in [0.2, 0.25) is 0 Å². The maximum atomic E-state index is 6.01. The first kappa shape index (κ1) is 14.0. The molecule has 1 aliphatic carbocycles. The van der Waals surface area contributed by atoms with Crippen LogP contribution in [0.1, 0.15) is 44.2 Å². The van der Waals surface area contributed by atoms with Crippen LogP contribution in [0.5, 0.6) is 0 Å². The second kappa shape index (κ2) is 6.64. The van der Waals surface area contributed by atoms with Crippen molar-refractivity contribution in [3.63, 3.8) is 0 Å². The van der Waals surface area contributed by atoms with Crippen molar-refractivity contribution in [2.75, 3.05) is 13.1 Å². The fourth-order valence-corrected chi connectivity index (χ4v) is 3.42. The Morgan fingerprint density at radius 2 is 2.17 bits per heavy atom. The number of hydrogen-bond acceptors (Lipinski definition) is 3. The van der Waals surface area contributed by atoms with E-state index in [0.29, 0.717) is 18.6 Å². The van der Waals surface area contributed by atoms with Gasteiger partial charge in [-0.15, -0.1) is 0 Å². The third-order valence-electron chi connectivity index (χ3n) is 3.89. The minimum Gasteiger partial charge on any atom is -0.329 e. The Morgan fingerprint density at radius 1 is 1.44 bits per heavy atom. The first-order valence-electron chi connectivity index (χ1n) is 6.82. The molecule has 2 N–H and O–H groups in total. The molecule has 4 heteroatoms. The van der Waals surface area contributed by atoms with Crippen LogP contribution in [0.25, 0.3) is 0 Å². The van der Waals surface area contributed by atoms with Gasteiger partial charge in [0.05, 0.1) is 0 Å². The third-order valence-corrected chi connectivity index (χ3v) is 4.33. The molecule has 2 rings (SSSR count). The molecule has 0 amide bonds. The second-order valence-corrected chi connectivity index (χ2v) is 5.87. The number of hydrogen-bond donors (Lipinski definition) is 1. The van der Waals surface area contributed by atoms with Crippen molar-refractivity contribution < 1.29 is 0 Å². The van der Waals surface area contributed by atoms with E-state index in [-0.39, 0.29) is 0 Å². The molecular formula is C14H22BrN3. The molecule has 1 saturated carbocycles. The standard InChI is InChI=1S/C14H22BrN3/c1-2-18(13-5-3-4-6-13)14(8-16)11-7-12(15)10-17-9-11/h7,9-10,13-14H,2-6,8,16H2,1H3. The smallest absolute Gasteiger partial charge is 0.0488 e. The van der Waals surface area contributed by atoms with Crippen molar-refractivity contribution in [3.8, 4) is 0 Å². The van der Waals surface area contributed by atoms with Gasteiger partial charge in [-0.25, -0.2) is 0 Å². The number of nitrogens with two attached hydrogens (primary N) is 1. The van der Waals surface area contributed by atoms with Gasteiger partial charge in [0.1, 0.15) is 0 Å². The van der Waals surface area contributed by atoms with Gasteiger partial charge in [0, 0.05) is 35.5 Å². The van der Waals surface area contributed by atoms with Gasteiger partial charge in [0.25, 0.3) is 0 Å². The quantitative estimate of drug-likeness (QED) is 0.908. The van der Waals surface area contributed by atoms with Gasteiger partial charge in [-0.05, 0) is 46.9 Å². The van der Waals surface area contributed by atoms with Crippen LogP contribution >= 0.6 is 15.9 Å². The van der Waals surface area contributed by atoms with Crippen molar-refractivity contribution in [2.45, 2.75) is 44.7 Å². The highest BCUT2D eigenvalue weighted by atomic mass is 79.9. The van der Waals surface area contributed by atoms with E-state index < -0.39 is 0 Å². The number of nitrogens with zero attached hydrogens (tertiary/aromatic N) is 2. The lowest BCUT2D eigenvalue weighted by Crippen LogP contribution is -2.40. The molecule has 0 aromatic carbocycles. The molecule has 1 fully saturated rings. The molecule has 18 heavy (non-hydrogen) atoms. The van der Waals surface area contributed by atoms with E-state index in [9.17, 15) is 0 Å². The first-order chi connectivity index (χ1) is 8.76. The summed E-state index contributed by atoms with van der Waals surface area (Å²) in [6.45, 7) is 3.94. The van der Waals surface area contributed by atoms with Gasteiger partial charge < -0.3 is 5.73 Å². The number of aromatic nitrogens is 1. The van der Waals surface area contributed by atoms with Gasteiger partial charge in [-0.2, -0.15) is 0 Å². The van der Waals surface area contributed by atoms with E-state index in [4.69, 9.17) is 5.73 Å². The molecule has 0 saturated heterocycles. The van der Waals surface area contributed by atoms with Gasteiger partial charge >= 0.3 is 0 Å². The number of pyridine rings is 1. The molecule has 1 aromatic rings. The highest BCUT2D eigenvalue weighted by molar-refractivity contribution is 9.10. The lowest BCUT2D eigenvalue weighted by molar-refractivity contribution is 0.147. The van der Waals surface area contributed by atoms with Crippen molar-refractivity contribution in [3.05, 3.63) is 28.5 Å². The highest BCUT2D eigenvalue weighted by Crippen LogP contribution is 2.30. The van der Waals surface area contributed by atoms with Crippen molar-refractivity contribution >= 4 is 15.9 Å². The molecule has 3 nitrogen and oxygen atoms in total. The summed E-state index contributed by atoms with van der Waals surface area (Å²) in [5.74, 6) is 0. The Kier molecular flexibility index (Phi) is 5.15. The molecule has 1 unspecified atom stereocenters. The molecule has 1 heterocycles. The lowest BCUT2D eigenvalue weighted by atomic mass is 10.0. The molecule has 0 radical (unpaired) electrons. The molecule has 1 aliphatic rings. The summed E-state index contributed by atoms with van der Waals surface area (Å²) in [6.07, 6.45) is 9.10. The Morgan fingerprint density at radius 3 is 2.72 bits per heavy atom. The Labute approximate surface area is 118 Å². The van der Waals surface area contributed by atoms with E-state index in [1.165, 1.54) is 31.2 Å². The highest BCUT2D eigenvalue weighted by Gasteiger charge is 2.27. The predicted molar refractivity (Wildman–Crippen MR) is 78.4 cm³/mol. The molecule has 0 aliphatic heterocycles. The third kappa shape index (κ3) is 3.11. The summed E-state index contributed by atoms with van der Waals surface area (Å²) in [5.41, 5.74) is 7.24. The largest absolute Gasteiger partial charge is 0.329 e. The summed E-state index contributed by atoms with van der Waals surface area (Å²) in [7, 11) is 0. The molecule has 1 aromatic heterocycles. The van der Waals surface area contributed by atoms with Gasteiger partial charge in [-0.1, -0.05) is 19.8 Å². The van der Waals surface area contributed by atoms with Crippen molar-refractivity contribution in [1.82, 2.24) is 9.88 Å². The van der Waals surface area contributed by atoms with Crippen LogP contribution in [-0.2, 0) is 0 Å². The van der Waals surface area contributed by atoms with Gasteiger partial charge in [0.15, 0.2) is 0 Å². The Balaban J connectivity index is 2.19. The van der Waals surface area contributed by atoms with E-state index in [2.05, 4.69) is 38.8 Å². The monoisotopic (exact) mass is 311 g/mol. The van der Waals surface area contributed by atoms with E-state index in [0.717, 1.165) is 11.0 Å². The zero-order valence-electron chi connectivity index (χ0n) is 11.0. The van der Waals surface area contributed by atoms with E-state index in [1.807, 2.05) is 12.4 Å². The van der Waals surface area contributed by atoms with Crippen LogP contribution < -0.4 is 5.73 Å². The predicted octanol–water partition coefficient (Wildman–Crippen LogP) is 3.11. The summed E-state index contributed by atoms with van der Waals surface area (Å²) >= 11 is 3.49. The summed E-state index contributed by atoms with van der Waals surface area (Å²) in [6, 6.07) is 3.13. The summed E-state index contributed by atoms with van der Waals surface area (Å²) < 4.78 is 1.03.